The molecule has 1 unspecified atom stereocenters. The number of carboxylic acid groups (broad SMARTS) is 1. The van der Waals surface area contributed by atoms with Crippen LogP contribution in [0, 0.1) is 5.82 Å². The van der Waals surface area contributed by atoms with Gasteiger partial charge in [-0.1, -0.05) is 24.3 Å². The zero-order valence-corrected chi connectivity index (χ0v) is 15.1. The van der Waals surface area contributed by atoms with E-state index >= 15 is 0 Å². The normalized spacial score (nSPS) is 11.4. The van der Waals surface area contributed by atoms with Crippen LogP contribution in [0.2, 0.25) is 0 Å². The van der Waals surface area contributed by atoms with Crippen molar-refractivity contribution in [2.24, 2.45) is 5.84 Å². The second-order valence-corrected chi connectivity index (χ2v) is 5.99. The van der Waals surface area contributed by atoms with E-state index in [1.165, 1.54) is 25.3 Å². The minimum Gasteiger partial charge on any atom is -0.496 e. The van der Waals surface area contributed by atoms with Gasteiger partial charge in [0.1, 0.15) is 11.6 Å². The Balaban J connectivity index is 2.18. The van der Waals surface area contributed by atoms with E-state index in [0.29, 0.717) is 16.9 Å². The van der Waals surface area contributed by atoms with Crippen molar-refractivity contribution in [3.05, 3.63) is 53.8 Å². The standard InChI is InChI=1S/C19H20FN3O5/c1-28-16-7-6-13(20)9-15(16)12-4-2-11(3-5-12)8-14(10-17(24)25)22-18(26)19(27)23-21/h2-7,9,14H,8,10,21H2,1H3,(H,22,26)(H,23,27)(H,24,25). The van der Waals surface area contributed by atoms with Crippen molar-refractivity contribution in [3.63, 3.8) is 0 Å². The number of hydrogen-bond donors (Lipinski definition) is 4. The molecular weight excluding hydrogens is 369 g/mol. The number of carbonyl (C=O) groups is 3. The van der Waals surface area contributed by atoms with E-state index in [0.717, 1.165) is 5.56 Å². The van der Waals surface area contributed by atoms with Gasteiger partial charge in [0.05, 0.1) is 13.5 Å². The molecule has 28 heavy (non-hydrogen) atoms. The average molecular weight is 389 g/mol. The summed E-state index contributed by atoms with van der Waals surface area (Å²) in [6.45, 7) is 0. The molecule has 9 heteroatoms. The Morgan fingerprint density at radius 3 is 2.39 bits per heavy atom. The van der Waals surface area contributed by atoms with Crippen LogP contribution in [0.25, 0.3) is 11.1 Å². The molecule has 0 bridgehead atoms. The van der Waals surface area contributed by atoms with Gasteiger partial charge in [-0.15, -0.1) is 0 Å². The van der Waals surface area contributed by atoms with Crippen LogP contribution < -0.4 is 21.3 Å². The highest BCUT2D eigenvalue weighted by molar-refractivity contribution is 6.35. The molecule has 0 saturated heterocycles. The van der Waals surface area contributed by atoms with E-state index in [1.54, 1.807) is 29.7 Å². The molecule has 0 aliphatic carbocycles. The van der Waals surface area contributed by atoms with Crippen LogP contribution >= 0.6 is 0 Å². The van der Waals surface area contributed by atoms with Gasteiger partial charge >= 0.3 is 17.8 Å². The van der Waals surface area contributed by atoms with Gasteiger partial charge in [0.2, 0.25) is 0 Å². The number of amides is 2. The van der Waals surface area contributed by atoms with Gasteiger partial charge in [0, 0.05) is 11.6 Å². The van der Waals surface area contributed by atoms with E-state index in [2.05, 4.69) is 5.32 Å². The molecule has 0 radical (unpaired) electrons. The quantitative estimate of drug-likeness (QED) is 0.242. The fraction of sp³-hybridized carbons (Fsp3) is 0.211. The highest BCUT2D eigenvalue weighted by Gasteiger charge is 2.20. The molecule has 2 amide bonds. The van der Waals surface area contributed by atoms with E-state index in [1.807, 2.05) is 0 Å². The second-order valence-electron chi connectivity index (χ2n) is 5.99. The molecule has 0 aliphatic rings. The van der Waals surface area contributed by atoms with Gasteiger partial charge in [0.15, 0.2) is 0 Å². The summed E-state index contributed by atoms with van der Waals surface area (Å²) >= 11 is 0. The summed E-state index contributed by atoms with van der Waals surface area (Å²) in [5.41, 5.74) is 3.69. The molecule has 2 aromatic rings. The summed E-state index contributed by atoms with van der Waals surface area (Å²) in [6, 6.07) is 10.3. The summed E-state index contributed by atoms with van der Waals surface area (Å²) in [6.07, 6.45) is -0.195. The topological polar surface area (TPSA) is 131 Å². The Kier molecular flexibility index (Phi) is 7.05. The first-order chi connectivity index (χ1) is 13.3. The molecule has 0 fully saturated rings. The number of aliphatic carboxylic acids is 1. The lowest BCUT2D eigenvalue weighted by molar-refractivity contribution is -0.141. The molecule has 2 aromatic carbocycles. The summed E-state index contributed by atoms with van der Waals surface area (Å²) in [7, 11) is 1.49. The summed E-state index contributed by atoms with van der Waals surface area (Å²) < 4.78 is 18.8. The first-order valence-corrected chi connectivity index (χ1v) is 8.30. The Morgan fingerprint density at radius 2 is 1.82 bits per heavy atom. The third kappa shape index (κ3) is 5.52. The Hall–Kier alpha value is -3.46. The lowest BCUT2D eigenvalue weighted by Crippen LogP contribution is -2.48. The maximum Gasteiger partial charge on any atom is 0.323 e. The zero-order valence-electron chi connectivity index (χ0n) is 15.1. The molecule has 1 atom stereocenters. The minimum absolute atomic E-state index is 0.177. The Morgan fingerprint density at radius 1 is 1.14 bits per heavy atom. The van der Waals surface area contributed by atoms with Crippen LogP contribution in [0.1, 0.15) is 12.0 Å². The number of carboxylic acids is 1. The zero-order chi connectivity index (χ0) is 20.7. The summed E-state index contributed by atoms with van der Waals surface area (Å²) in [4.78, 5) is 33.9. The maximum atomic E-state index is 13.6. The van der Waals surface area contributed by atoms with Gasteiger partial charge in [0.25, 0.3) is 0 Å². The SMILES string of the molecule is COc1ccc(F)cc1-c1ccc(CC(CC(=O)O)NC(=O)C(=O)NN)cc1. The third-order valence-corrected chi connectivity index (χ3v) is 4.00. The number of ether oxygens (including phenoxy) is 1. The van der Waals surface area contributed by atoms with Crippen LogP contribution in [-0.2, 0) is 20.8 Å². The first kappa shape index (κ1) is 20.8. The Bertz CT molecular complexity index is 870. The van der Waals surface area contributed by atoms with Gasteiger partial charge in [-0.05, 0) is 35.7 Å². The number of rotatable bonds is 7. The lowest BCUT2D eigenvalue weighted by atomic mass is 9.98. The highest BCUT2D eigenvalue weighted by atomic mass is 19.1. The lowest BCUT2D eigenvalue weighted by Gasteiger charge is -2.17. The molecular formula is C19H20FN3O5. The number of hydrogen-bond acceptors (Lipinski definition) is 5. The molecule has 148 valence electrons. The second kappa shape index (κ2) is 9.47. The molecule has 0 saturated carbocycles. The fourth-order valence-electron chi connectivity index (χ4n) is 2.71. The number of halogens is 1. The molecule has 8 nitrogen and oxygen atoms in total. The van der Waals surface area contributed by atoms with Gasteiger partial charge in [-0.3, -0.25) is 19.8 Å². The molecule has 0 heterocycles. The number of nitrogens with two attached hydrogens (primary N) is 1. The van der Waals surface area contributed by atoms with Gasteiger partial charge in [-0.2, -0.15) is 0 Å². The summed E-state index contributed by atoms with van der Waals surface area (Å²) in [5, 5.41) is 11.4. The Labute approximate surface area is 160 Å². The molecule has 0 aromatic heterocycles. The van der Waals surface area contributed by atoms with Crippen molar-refractivity contribution in [3.8, 4) is 16.9 Å². The van der Waals surface area contributed by atoms with Crippen LogP contribution in [0.15, 0.2) is 42.5 Å². The van der Waals surface area contributed by atoms with E-state index in [4.69, 9.17) is 15.7 Å². The van der Waals surface area contributed by atoms with Crippen LogP contribution in [0.5, 0.6) is 5.75 Å². The number of benzene rings is 2. The van der Waals surface area contributed by atoms with Crippen LogP contribution in [-0.4, -0.2) is 36.0 Å². The van der Waals surface area contributed by atoms with Crippen LogP contribution in [0.3, 0.4) is 0 Å². The number of methoxy groups -OCH3 is 1. The van der Waals surface area contributed by atoms with Crippen molar-refractivity contribution in [2.75, 3.05) is 7.11 Å². The third-order valence-electron chi connectivity index (χ3n) is 4.00. The summed E-state index contributed by atoms with van der Waals surface area (Å²) in [5.74, 6) is 1.80. The van der Waals surface area contributed by atoms with Crippen molar-refractivity contribution in [2.45, 2.75) is 18.9 Å². The largest absolute Gasteiger partial charge is 0.496 e. The van der Waals surface area contributed by atoms with E-state index < -0.39 is 29.6 Å². The van der Waals surface area contributed by atoms with Crippen molar-refractivity contribution >= 4 is 17.8 Å². The molecule has 0 aliphatic heterocycles. The number of carbonyl (C=O) groups excluding carboxylic acids is 2. The molecule has 5 N–H and O–H groups in total. The van der Waals surface area contributed by atoms with Crippen molar-refractivity contribution < 1.29 is 28.6 Å². The molecule has 2 rings (SSSR count). The first-order valence-electron chi connectivity index (χ1n) is 8.30. The predicted octanol–water partition coefficient (Wildman–Crippen LogP) is 0.993. The average Bonchev–Trinajstić information content (AvgIpc) is 2.67. The van der Waals surface area contributed by atoms with E-state index in [-0.39, 0.29) is 12.8 Å². The highest BCUT2D eigenvalue weighted by Crippen LogP contribution is 2.30. The molecule has 0 spiro atoms. The van der Waals surface area contributed by atoms with E-state index in [9.17, 15) is 18.8 Å². The smallest absolute Gasteiger partial charge is 0.323 e. The van der Waals surface area contributed by atoms with Crippen LogP contribution in [0.4, 0.5) is 4.39 Å². The maximum absolute atomic E-state index is 13.6. The van der Waals surface area contributed by atoms with Crippen molar-refractivity contribution in [1.29, 1.82) is 0 Å². The van der Waals surface area contributed by atoms with Crippen molar-refractivity contribution in [1.82, 2.24) is 10.7 Å². The number of nitrogens with one attached hydrogen (secondary N) is 2. The minimum atomic E-state index is -1.13. The number of hydrazine groups is 1. The van der Waals surface area contributed by atoms with Gasteiger partial charge < -0.3 is 15.2 Å². The monoisotopic (exact) mass is 389 g/mol. The fourth-order valence-corrected chi connectivity index (χ4v) is 2.71. The predicted molar refractivity (Wildman–Crippen MR) is 98.6 cm³/mol. The van der Waals surface area contributed by atoms with Gasteiger partial charge in [-0.25, -0.2) is 10.2 Å².